The van der Waals surface area contributed by atoms with Crippen molar-refractivity contribution < 1.29 is 14.7 Å². The lowest BCUT2D eigenvalue weighted by Crippen LogP contribution is -2.28. The Kier molecular flexibility index (Phi) is 3.55. The van der Waals surface area contributed by atoms with Gasteiger partial charge in [0.25, 0.3) is 0 Å². The van der Waals surface area contributed by atoms with Crippen molar-refractivity contribution in [2.24, 2.45) is 17.8 Å². The topological polar surface area (TPSA) is 66.4 Å². The van der Waals surface area contributed by atoms with Crippen LogP contribution in [0.3, 0.4) is 0 Å². The summed E-state index contributed by atoms with van der Waals surface area (Å²) in [6, 6.07) is 7.09. The minimum atomic E-state index is -0.933. The number of aliphatic carboxylic acids is 1. The van der Waals surface area contributed by atoms with E-state index in [9.17, 15) is 14.7 Å². The summed E-state index contributed by atoms with van der Waals surface area (Å²) in [6.07, 6.45) is 6.43. The monoisotopic (exact) mass is 299 g/mol. The summed E-state index contributed by atoms with van der Waals surface area (Å²) in [5, 5.41) is 12.2. The van der Waals surface area contributed by atoms with E-state index in [1.54, 1.807) is 38.1 Å². The van der Waals surface area contributed by atoms with Crippen molar-refractivity contribution in [1.29, 1.82) is 0 Å². The molecule has 1 aromatic carbocycles. The van der Waals surface area contributed by atoms with E-state index in [4.69, 9.17) is 0 Å². The molecule has 116 valence electrons. The van der Waals surface area contributed by atoms with Crippen molar-refractivity contribution in [3.63, 3.8) is 0 Å². The van der Waals surface area contributed by atoms with Gasteiger partial charge in [-0.15, -0.1) is 0 Å². The Hall–Kier alpha value is -2.10. The molecule has 2 N–H and O–H groups in total. The number of hydrogen-bond acceptors (Lipinski definition) is 2. The van der Waals surface area contributed by atoms with Gasteiger partial charge in [-0.2, -0.15) is 0 Å². The van der Waals surface area contributed by atoms with Gasteiger partial charge in [-0.1, -0.05) is 24.3 Å². The first-order chi connectivity index (χ1) is 10.4. The number of nitrogens with one attached hydrogen (secondary N) is 1. The van der Waals surface area contributed by atoms with Gasteiger partial charge in [-0.3, -0.25) is 9.59 Å². The van der Waals surface area contributed by atoms with Gasteiger partial charge >= 0.3 is 5.97 Å². The quantitative estimate of drug-likeness (QED) is 0.839. The number of carboxylic acids is 1. The van der Waals surface area contributed by atoms with Crippen molar-refractivity contribution in [2.75, 3.05) is 5.32 Å². The third-order valence-electron chi connectivity index (χ3n) is 5.02. The van der Waals surface area contributed by atoms with Crippen molar-refractivity contribution in [3.8, 4) is 0 Å². The molecule has 0 saturated heterocycles. The van der Waals surface area contributed by atoms with Gasteiger partial charge in [-0.05, 0) is 56.2 Å². The summed E-state index contributed by atoms with van der Waals surface area (Å²) in [5.41, 5.74) is 0.514. The number of amides is 1. The summed E-state index contributed by atoms with van der Waals surface area (Å²) < 4.78 is 0. The van der Waals surface area contributed by atoms with Crippen LogP contribution in [0.25, 0.3) is 0 Å². The normalized spacial score (nSPS) is 26.2. The zero-order chi connectivity index (χ0) is 15.9. The Bertz CT molecular complexity index is 630. The highest BCUT2D eigenvalue weighted by molar-refractivity contribution is 5.93. The van der Waals surface area contributed by atoms with Crippen LogP contribution in [0.1, 0.15) is 32.3 Å². The molecule has 0 aliphatic heterocycles. The number of carboxylic acid groups (broad SMARTS) is 1. The van der Waals surface area contributed by atoms with Gasteiger partial charge in [-0.25, -0.2) is 0 Å². The Morgan fingerprint density at radius 2 is 1.82 bits per heavy atom. The summed E-state index contributed by atoms with van der Waals surface area (Å²) in [4.78, 5) is 23.6. The van der Waals surface area contributed by atoms with Gasteiger partial charge in [0.15, 0.2) is 0 Å². The number of hydrogen-bond donors (Lipinski definition) is 2. The molecule has 3 unspecified atom stereocenters. The van der Waals surface area contributed by atoms with Crippen LogP contribution in [0, 0.1) is 17.8 Å². The van der Waals surface area contributed by atoms with E-state index in [2.05, 4.69) is 17.5 Å². The smallest absolute Gasteiger partial charge is 0.313 e. The van der Waals surface area contributed by atoms with E-state index < -0.39 is 11.4 Å². The maximum atomic E-state index is 12.4. The molecule has 22 heavy (non-hydrogen) atoms. The molecule has 3 rings (SSSR count). The molecule has 0 aromatic heterocycles. The highest BCUT2D eigenvalue weighted by Crippen LogP contribution is 2.43. The number of carbonyl (C=O) groups excluding carboxylic acids is 1. The molecule has 3 atom stereocenters. The minimum Gasteiger partial charge on any atom is -0.481 e. The van der Waals surface area contributed by atoms with E-state index in [0.717, 1.165) is 24.1 Å². The molecule has 1 saturated carbocycles. The summed E-state index contributed by atoms with van der Waals surface area (Å²) in [5.74, 6) is 0.236. The molecule has 2 aliphatic carbocycles. The fourth-order valence-corrected chi connectivity index (χ4v) is 3.41. The predicted octanol–water partition coefficient (Wildman–Crippen LogP) is 3.20. The average Bonchev–Trinajstić information content (AvgIpc) is 3.10. The second-order valence-electron chi connectivity index (χ2n) is 6.88. The second-order valence-corrected chi connectivity index (χ2v) is 6.88. The van der Waals surface area contributed by atoms with Crippen molar-refractivity contribution in [3.05, 3.63) is 42.0 Å². The molecular weight excluding hydrogens is 278 g/mol. The van der Waals surface area contributed by atoms with Crippen LogP contribution < -0.4 is 5.32 Å². The molecule has 4 heteroatoms. The van der Waals surface area contributed by atoms with E-state index in [1.165, 1.54) is 0 Å². The number of rotatable bonds is 4. The largest absolute Gasteiger partial charge is 0.481 e. The second kappa shape index (κ2) is 5.27. The molecule has 1 amide bonds. The first-order valence-electron chi connectivity index (χ1n) is 7.71. The van der Waals surface area contributed by atoms with Crippen LogP contribution in [0.15, 0.2) is 36.4 Å². The Balaban J connectivity index is 1.68. The SMILES string of the molecule is CC(C)(C(=O)O)c1ccc(NC(=O)C2CC3C=CC2C3)cc1. The lowest BCUT2D eigenvalue weighted by Gasteiger charge is -2.21. The first kappa shape index (κ1) is 14.8. The van der Waals surface area contributed by atoms with E-state index in [1.807, 2.05) is 0 Å². The first-order valence-corrected chi connectivity index (χ1v) is 7.71. The lowest BCUT2D eigenvalue weighted by molar-refractivity contribution is -0.142. The van der Waals surface area contributed by atoms with Gasteiger partial charge in [0.05, 0.1) is 5.41 Å². The van der Waals surface area contributed by atoms with Crippen molar-refractivity contribution in [2.45, 2.75) is 32.1 Å². The highest BCUT2D eigenvalue weighted by Gasteiger charge is 2.39. The van der Waals surface area contributed by atoms with E-state index in [0.29, 0.717) is 11.8 Å². The fraction of sp³-hybridized carbons (Fsp3) is 0.444. The van der Waals surface area contributed by atoms with Crippen LogP contribution in [-0.2, 0) is 15.0 Å². The van der Waals surface area contributed by atoms with Crippen molar-refractivity contribution in [1.82, 2.24) is 0 Å². The van der Waals surface area contributed by atoms with Crippen LogP contribution in [-0.4, -0.2) is 17.0 Å². The van der Waals surface area contributed by atoms with Crippen LogP contribution in [0.4, 0.5) is 5.69 Å². The number of fused-ring (bicyclic) bond motifs is 2. The predicted molar refractivity (Wildman–Crippen MR) is 84.6 cm³/mol. The Morgan fingerprint density at radius 1 is 1.14 bits per heavy atom. The van der Waals surface area contributed by atoms with Crippen LogP contribution in [0.2, 0.25) is 0 Å². The highest BCUT2D eigenvalue weighted by atomic mass is 16.4. The number of anilines is 1. The molecule has 4 nitrogen and oxygen atoms in total. The maximum Gasteiger partial charge on any atom is 0.313 e. The Labute approximate surface area is 130 Å². The third-order valence-corrected chi connectivity index (χ3v) is 5.02. The van der Waals surface area contributed by atoms with Gasteiger partial charge in [0.1, 0.15) is 0 Å². The zero-order valence-corrected chi connectivity index (χ0v) is 12.9. The summed E-state index contributed by atoms with van der Waals surface area (Å²) in [7, 11) is 0. The molecule has 0 radical (unpaired) electrons. The number of carbonyl (C=O) groups is 2. The molecule has 0 heterocycles. The average molecular weight is 299 g/mol. The van der Waals surface area contributed by atoms with E-state index in [-0.39, 0.29) is 11.8 Å². The lowest BCUT2D eigenvalue weighted by atomic mass is 9.85. The minimum absolute atomic E-state index is 0.0714. The Morgan fingerprint density at radius 3 is 2.32 bits per heavy atom. The van der Waals surface area contributed by atoms with Crippen LogP contribution in [0.5, 0.6) is 0 Å². The third kappa shape index (κ3) is 2.54. The molecule has 0 spiro atoms. The fourth-order valence-electron chi connectivity index (χ4n) is 3.41. The molecule has 1 aromatic rings. The maximum absolute atomic E-state index is 12.4. The van der Waals surface area contributed by atoms with Gasteiger partial charge in [0.2, 0.25) is 5.91 Å². The number of allylic oxidation sites excluding steroid dienone is 2. The zero-order valence-electron chi connectivity index (χ0n) is 12.9. The number of benzene rings is 1. The van der Waals surface area contributed by atoms with Gasteiger partial charge in [0, 0.05) is 11.6 Å². The molecule has 2 bridgehead atoms. The van der Waals surface area contributed by atoms with Crippen molar-refractivity contribution >= 4 is 17.6 Å². The molecule has 1 fully saturated rings. The van der Waals surface area contributed by atoms with Crippen LogP contribution >= 0.6 is 0 Å². The summed E-state index contributed by atoms with van der Waals surface area (Å²) in [6.45, 7) is 3.34. The van der Waals surface area contributed by atoms with Gasteiger partial charge < -0.3 is 10.4 Å². The molecular formula is C18H21NO3. The molecule has 2 aliphatic rings. The standard InChI is InChI=1S/C18H21NO3/c1-18(2,17(21)22)13-5-7-14(8-6-13)19-16(20)15-10-11-3-4-12(15)9-11/h3-8,11-12,15H,9-10H2,1-2H3,(H,19,20)(H,21,22). The summed E-state index contributed by atoms with van der Waals surface area (Å²) >= 11 is 0. The van der Waals surface area contributed by atoms with E-state index >= 15 is 0 Å².